The minimum atomic E-state index is -0.533. The van der Waals surface area contributed by atoms with Crippen LogP contribution in [0.1, 0.15) is 27.2 Å². The van der Waals surface area contributed by atoms with Gasteiger partial charge in [0.2, 0.25) is 5.91 Å². The van der Waals surface area contributed by atoms with Gasteiger partial charge in [0, 0.05) is 11.5 Å². The molecule has 1 aromatic rings. The molecule has 0 bridgehead atoms. The zero-order chi connectivity index (χ0) is 13.1. The van der Waals surface area contributed by atoms with Crippen LogP contribution < -0.4 is 5.32 Å². The normalized spacial score (nSPS) is 11.0. The van der Waals surface area contributed by atoms with Crippen molar-refractivity contribution in [3.8, 4) is 0 Å². The summed E-state index contributed by atoms with van der Waals surface area (Å²) >= 11 is 0. The van der Waals surface area contributed by atoms with Gasteiger partial charge in [0.15, 0.2) is 0 Å². The second kappa shape index (κ2) is 4.90. The molecule has 0 aliphatic rings. The Morgan fingerprint density at radius 2 is 2.18 bits per heavy atom. The van der Waals surface area contributed by atoms with Crippen LogP contribution in [0.4, 0.5) is 11.5 Å². The number of nitro groups is 1. The fraction of sp³-hybridized carbons (Fsp3) is 0.455. The molecule has 0 fully saturated rings. The summed E-state index contributed by atoms with van der Waals surface area (Å²) in [6.07, 6.45) is 1.82. The molecule has 0 saturated carbocycles. The summed E-state index contributed by atoms with van der Waals surface area (Å²) in [4.78, 5) is 25.5. The molecule has 1 N–H and O–H groups in total. The van der Waals surface area contributed by atoms with Gasteiger partial charge in [-0.05, 0) is 12.5 Å². The van der Waals surface area contributed by atoms with E-state index in [1.165, 1.54) is 12.1 Å². The van der Waals surface area contributed by atoms with Crippen molar-refractivity contribution in [1.82, 2.24) is 4.98 Å². The Kier molecular flexibility index (Phi) is 3.77. The van der Waals surface area contributed by atoms with Crippen molar-refractivity contribution in [3.05, 3.63) is 28.4 Å². The molecule has 92 valence electrons. The maximum absolute atomic E-state index is 11.8. The number of hydrogen-bond acceptors (Lipinski definition) is 4. The fourth-order valence-electron chi connectivity index (χ4n) is 1.01. The van der Waals surface area contributed by atoms with Gasteiger partial charge in [-0.2, -0.15) is 0 Å². The molecule has 0 aliphatic carbocycles. The van der Waals surface area contributed by atoms with Crippen molar-refractivity contribution in [3.63, 3.8) is 0 Å². The number of carbonyl (C=O) groups excluding carboxylic acids is 1. The van der Waals surface area contributed by atoms with Crippen LogP contribution in [-0.2, 0) is 4.79 Å². The van der Waals surface area contributed by atoms with E-state index in [0.717, 1.165) is 6.20 Å². The van der Waals surface area contributed by atoms with E-state index in [-0.39, 0.29) is 11.6 Å². The molecule has 17 heavy (non-hydrogen) atoms. The summed E-state index contributed by atoms with van der Waals surface area (Å²) < 4.78 is 0. The maximum Gasteiger partial charge on any atom is 0.287 e. The molecular weight excluding hydrogens is 222 g/mol. The molecule has 0 spiro atoms. The van der Waals surface area contributed by atoms with Gasteiger partial charge in [-0.1, -0.05) is 20.8 Å². The van der Waals surface area contributed by atoms with Gasteiger partial charge < -0.3 is 5.32 Å². The molecule has 6 heteroatoms. The van der Waals surface area contributed by atoms with Crippen molar-refractivity contribution in [1.29, 1.82) is 0 Å². The Balaban J connectivity index is 2.76. The van der Waals surface area contributed by atoms with Gasteiger partial charge in [0.25, 0.3) is 5.69 Å². The molecule has 6 nitrogen and oxygen atoms in total. The average molecular weight is 237 g/mol. The number of rotatable bonds is 4. The molecule has 0 radical (unpaired) electrons. The summed E-state index contributed by atoms with van der Waals surface area (Å²) in [7, 11) is 0. The van der Waals surface area contributed by atoms with E-state index in [1.807, 2.05) is 20.8 Å². The number of hydrogen-bond donors (Lipinski definition) is 1. The maximum atomic E-state index is 11.8. The number of amides is 1. The molecule has 0 atom stereocenters. The van der Waals surface area contributed by atoms with Crippen molar-refractivity contribution < 1.29 is 9.72 Å². The monoisotopic (exact) mass is 237 g/mol. The molecule has 0 unspecified atom stereocenters. The molecule has 1 heterocycles. The molecule has 1 aromatic heterocycles. The Morgan fingerprint density at radius 1 is 1.53 bits per heavy atom. The number of pyridine rings is 1. The van der Waals surface area contributed by atoms with Crippen LogP contribution in [0.3, 0.4) is 0 Å². The van der Waals surface area contributed by atoms with Crippen LogP contribution in [0.15, 0.2) is 18.3 Å². The first-order valence-corrected chi connectivity index (χ1v) is 5.28. The smallest absolute Gasteiger partial charge is 0.287 e. The van der Waals surface area contributed by atoms with Crippen LogP contribution in [0.2, 0.25) is 0 Å². The van der Waals surface area contributed by atoms with Crippen LogP contribution in [-0.4, -0.2) is 15.8 Å². The van der Waals surface area contributed by atoms with Gasteiger partial charge in [-0.15, -0.1) is 0 Å². The first-order chi connectivity index (χ1) is 7.86. The Hall–Kier alpha value is -1.98. The largest absolute Gasteiger partial charge is 0.310 e. The van der Waals surface area contributed by atoms with E-state index in [2.05, 4.69) is 10.3 Å². The van der Waals surface area contributed by atoms with Gasteiger partial charge in [-0.25, -0.2) is 4.98 Å². The number of carbonyl (C=O) groups is 1. The minimum absolute atomic E-state index is 0.0993. The molecule has 0 saturated heterocycles. The summed E-state index contributed by atoms with van der Waals surface area (Å²) in [6, 6.07) is 2.73. The highest BCUT2D eigenvalue weighted by atomic mass is 16.6. The SMILES string of the molecule is CCC(C)(C)C(=O)Nc1ccc([N+](=O)[O-])cn1. The lowest BCUT2D eigenvalue weighted by Gasteiger charge is -2.20. The van der Waals surface area contributed by atoms with Crippen LogP contribution in [0.25, 0.3) is 0 Å². The first-order valence-electron chi connectivity index (χ1n) is 5.28. The molecule has 0 aliphatic heterocycles. The summed E-state index contributed by atoms with van der Waals surface area (Å²) in [5, 5.41) is 13.0. The van der Waals surface area contributed by atoms with Crippen LogP contribution in [0.5, 0.6) is 0 Å². The van der Waals surface area contributed by atoms with E-state index in [9.17, 15) is 14.9 Å². The van der Waals surface area contributed by atoms with Crippen molar-refractivity contribution in [2.45, 2.75) is 27.2 Å². The quantitative estimate of drug-likeness (QED) is 0.643. The van der Waals surface area contributed by atoms with E-state index in [0.29, 0.717) is 12.2 Å². The third kappa shape index (κ3) is 3.24. The number of nitrogens with zero attached hydrogens (tertiary/aromatic N) is 2. The first kappa shape index (κ1) is 13.1. The van der Waals surface area contributed by atoms with Gasteiger partial charge in [0.05, 0.1) is 4.92 Å². The van der Waals surface area contributed by atoms with Crippen LogP contribution in [0, 0.1) is 15.5 Å². The van der Waals surface area contributed by atoms with Crippen molar-refractivity contribution in [2.75, 3.05) is 5.32 Å². The Morgan fingerprint density at radius 3 is 2.59 bits per heavy atom. The van der Waals surface area contributed by atoms with E-state index >= 15 is 0 Å². The standard InChI is InChI=1S/C11H15N3O3/c1-4-11(2,3)10(15)13-9-6-5-8(7-12-9)14(16)17/h5-7H,4H2,1-3H3,(H,12,13,15). The third-order valence-corrected chi connectivity index (χ3v) is 2.70. The number of anilines is 1. The molecule has 1 amide bonds. The Bertz CT molecular complexity index is 426. The highest BCUT2D eigenvalue weighted by Crippen LogP contribution is 2.22. The fourth-order valence-corrected chi connectivity index (χ4v) is 1.01. The van der Waals surface area contributed by atoms with Gasteiger partial charge in [-0.3, -0.25) is 14.9 Å². The number of nitrogens with one attached hydrogen (secondary N) is 1. The van der Waals surface area contributed by atoms with Crippen molar-refractivity contribution >= 4 is 17.4 Å². The number of aromatic nitrogens is 1. The second-order valence-corrected chi connectivity index (χ2v) is 4.35. The zero-order valence-corrected chi connectivity index (χ0v) is 10.1. The highest BCUT2D eigenvalue weighted by molar-refractivity contribution is 5.93. The summed E-state index contributed by atoms with van der Waals surface area (Å²) in [6.45, 7) is 5.57. The van der Waals surface area contributed by atoms with Gasteiger partial charge >= 0.3 is 0 Å². The van der Waals surface area contributed by atoms with E-state index in [4.69, 9.17) is 0 Å². The summed E-state index contributed by atoms with van der Waals surface area (Å²) in [5.41, 5.74) is -0.582. The topological polar surface area (TPSA) is 85.1 Å². The van der Waals surface area contributed by atoms with Gasteiger partial charge in [0.1, 0.15) is 12.0 Å². The predicted octanol–water partition coefficient (Wildman–Crippen LogP) is 2.36. The molecular formula is C11H15N3O3. The lowest BCUT2D eigenvalue weighted by atomic mass is 9.89. The predicted molar refractivity (Wildman–Crippen MR) is 63.6 cm³/mol. The lowest BCUT2D eigenvalue weighted by Crippen LogP contribution is -2.30. The van der Waals surface area contributed by atoms with Crippen molar-refractivity contribution in [2.24, 2.45) is 5.41 Å². The van der Waals surface area contributed by atoms with E-state index in [1.54, 1.807) is 0 Å². The van der Waals surface area contributed by atoms with Crippen LogP contribution >= 0.6 is 0 Å². The lowest BCUT2D eigenvalue weighted by molar-refractivity contribution is -0.385. The Labute approximate surface area is 99.2 Å². The zero-order valence-electron chi connectivity index (χ0n) is 10.1. The average Bonchev–Trinajstić information content (AvgIpc) is 2.29. The summed E-state index contributed by atoms with van der Waals surface area (Å²) in [5.74, 6) is 0.170. The molecule has 1 rings (SSSR count). The molecule has 0 aromatic carbocycles. The third-order valence-electron chi connectivity index (χ3n) is 2.70. The highest BCUT2D eigenvalue weighted by Gasteiger charge is 2.25. The minimum Gasteiger partial charge on any atom is -0.310 e. The second-order valence-electron chi connectivity index (χ2n) is 4.35. The van der Waals surface area contributed by atoms with E-state index < -0.39 is 10.3 Å².